The van der Waals surface area contributed by atoms with Crippen molar-refractivity contribution in [3.05, 3.63) is 0 Å². The fourth-order valence-electron chi connectivity index (χ4n) is 2.07. The lowest BCUT2D eigenvalue weighted by Crippen LogP contribution is -2.46. The van der Waals surface area contributed by atoms with Crippen molar-refractivity contribution >= 4 is 5.91 Å². The molecule has 2 unspecified atom stereocenters. The molecule has 1 fully saturated rings. The summed E-state index contributed by atoms with van der Waals surface area (Å²) >= 11 is 0. The number of carbonyl (C=O) groups excluding carboxylic acids is 1. The Morgan fingerprint density at radius 1 is 1.67 bits per heavy atom. The summed E-state index contributed by atoms with van der Waals surface area (Å²) in [5, 5.41) is 2.98. The van der Waals surface area contributed by atoms with E-state index in [9.17, 15) is 4.79 Å². The Morgan fingerprint density at radius 2 is 2.33 bits per heavy atom. The van der Waals surface area contributed by atoms with Crippen molar-refractivity contribution in [1.82, 2.24) is 15.1 Å². The molecule has 1 saturated heterocycles. The van der Waals surface area contributed by atoms with E-state index in [0.29, 0.717) is 6.04 Å². The van der Waals surface area contributed by atoms with Crippen molar-refractivity contribution < 1.29 is 4.79 Å². The molecule has 1 amide bonds. The van der Waals surface area contributed by atoms with Gasteiger partial charge in [-0.1, -0.05) is 0 Å². The standard InChI is InChI=1S/C11H23N3O/c1-9(12-2)11(15)14(4)8-10-6-5-7-13(10)3/h9-10,12H,5-8H2,1-4H3. The second kappa shape index (κ2) is 5.47. The highest BCUT2D eigenvalue weighted by molar-refractivity contribution is 5.81. The Morgan fingerprint density at radius 3 is 2.80 bits per heavy atom. The first-order chi connectivity index (χ1) is 7.06. The third-order valence-electron chi connectivity index (χ3n) is 3.34. The number of hydrogen-bond acceptors (Lipinski definition) is 3. The van der Waals surface area contributed by atoms with Crippen LogP contribution < -0.4 is 5.32 Å². The maximum Gasteiger partial charge on any atom is 0.239 e. The number of likely N-dealkylation sites (tertiary alicyclic amines) is 1. The summed E-state index contributed by atoms with van der Waals surface area (Å²) in [5.74, 6) is 0.179. The van der Waals surface area contributed by atoms with E-state index in [-0.39, 0.29) is 11.9 Å². The van der Waals surface area contributed by atoms with Gasteiger partial charge in [0.15, 0.2) is 0 Å². The first kappa shape index (κ1) is 12.5. The van der Waals surface area contributed by atoms with Crippen LogP contribution in [-0.2, 0) is 4.79 Å². The molecule has 2 atom stereocenters. The van der Waals surface area contributed by atoms with Crippen LogP contribution >= 0.6 is 0 Å². The van der Waals surface area contributed by atoms with Gasteiger partial charge in [-0.15, -0.1) is 0 Å². The fraction of sp³-hybridized carbons (Fsp3) is 0.909. The SMILES string of the molecule is CNC(C)C(=O)N(C)CC1CCCN1C. The van der Waals surface area contributed by atoms with Crippen LogP contribution in [0.1, 0.15) is 19.8 Å². The lowest BCUT2D eigenvalue weighted by molar-refractivity contribution is -0.132. The Bertz CT molecular complexity index is 220. The molecule has 4 nitrogen and oxygen atoms in total. The quantitative estimate of drug-likeness (QED) is 0.722. The summed E-state index contributed by atoms with van der Waals surface area (Å²) in [7, 11) is 5.85. The van der Waals surface area contributed by atoms with Crippen LogP contribution in [0.3, 0.4) is 0 Å². The Labute approximate surface area is 92.6 Å². The van der Waals surface area contributed by atoms with Gasteiger partial charge >= 0.3 is 0 Å². The minimum atomic E-state index is -0.0818. The van der Waals surface area contributed by atoms with E-state index in [1.807, 2.05) is 25.9 Å². The first-order valence-corrected chi connectivity index (χ1v) is 5.68. The molecular weight excluding hydrogens is 190 g/mol. The summed E-state index contributed by atoms with van der Waals surface area (Å²) in [4.78, 5) is 16.0. The summed E-state index contributed by atoms with van der Waals surface area (Å²) in [6.45, 7) is 3.91. The predicted molar refractivity (Wildman–Crippen MR) is 61.8 cm³/mol. The van der Waals surface area contributed by atoms with Crippen LogP contribution in [0.15, 0.2) is 0 Å². The van der Waals surface area contributed by atoms with Gasteiger partial charge in [-0.2, -0.15) is 0 Å². The Balaban J connectivity index is 2.40. The highest BCUT2D eigenvalue weighted by Crippen LogP contribution is 2.15. The van der Waals surface area contributed by atoms with Gasteiger partial charge in [-0.05, 0) is 40.4 Å². The molecule has 15 heavy (non-hydrogen) atoms. The van der Waals surface area contributed by atoms with Crippen LogP contribution in [0.25, 0.3) is 0 Å². The molecule has 0 spiro atoms. The molecule has 0 aliphatic carbocycles. The van der Waals surface area contributed by atoms with E-state index in [0.717, 1.165) is 13.1 Å². The highest BCUT2D eigenvalue weighted by atomic mass is 16.2. The molecule has 1 rings (SSSR count). The molecule has 1 aliphatic rings. The predicted octanol–water partition coefficient (Wildman–Crippen LogP) is 0.147. The number of likely N-dealkylation sites (N-methyl/N-ethyl adjacent to an activating group) is 3. The lowest BCUT2D eigenvalue weighted by atomic mass is 10.2. The van der Waals surface area contributed by atoms with Gasteiger partial charge in [0.25, 0.3) is 0 Å². The molecule has 0 aromatic rings. The molecule has 0 bridgehead atoms. The second-order valence-corrected chi connectivity index (χ2v) is 4.51. The van der Waals surface area contributed by atoms with Gasteiger partial charge in [0.1, 0.15) is 0 Å². The van der Waals surface area contributed by atoms with E-state index in [1.54, 1.807) is 0 Å². The van der Waals surface area contributed by atoms with Crippen molar-refractivity contribution in [3.8, 4) is 0 Å². The highest BCUT2D eigenvalue weighted by Gasteiger charge is 2.25. The number of hydrogen-bond donors (Lipinski definition) is 1. The van der Waals surface area contributed by atoms with Gasteiger partial charge in [0.05, 0.1) is 6.04 Å². The molecule has 0 radical (unpaired) electrons. The molecule has 0 aromatic carbocycles. The molecule has 4 heteroatoms. The van der Waals surface area contributed by atoms with E-state index in [4.69, 9.17) is 0 Å². The second-order valence-electron chi connectivity index (χ2n) is 4.51. The summed E-state index contributed by atoms with van der Waals surface area (Å²) < 4.78 is 0. The average Bonchev–Trinajstić information content (AvgIpc) is 2.62. The van der Waals surface area contributed by atoms with Gasteiger partial charge in [0.2, 0.25) is 5.91 Å². The zero-order valence-corrected chi connectivity index (χ0v) is 10.3. The third kappa shape index (κ3) is 3.18. The van der Waals surface area contributed by atoms with Crippen LogP contribution in [0.4, 0.5) is 0 Å². The number of nitrogens with one attached hydrogen (secondary N) is 1. The molecule has 1 aliphatic heterocycles. The van der Waals surface area contributed by atoms with Crippen molar-refractivity contribution in [2.45, 2.75) is 31.8 Å². The molecule has 1 heterocycles. The van der Waals surface area contributed by atoms with Crippen molar-refractivity contribution in [2.24, 2.45) is 0 Å². The largest absolute Gasteiger partial charge is 0.343 e. The van der Waals surface area contributed by atoms with Crippen LogP contribution in [0, 0.1) is 0 Å². The Hall–Kier alpha value is -0.610. The van der Waals surface area contributed by atoms with E-state index in [1.165, 1.54) is 12.8 Å². The van der Waals surface area contributed by atoms with Crippen LogP contribution in [0.5, 0.6) is 0 Å². The lowest BCUT2D eigenvalue weighted by Gasteiger charge is -2.27. The number of nitrogens with zero attached hydrogens (tertiary/aromatic N) is 2. The topological polar surface area (TPSA) is 35.6 Å². The molecule has 88 valence electrons. The monoisotopic (exact) mass is 213 g/mol. The third-order valence-corrected chi connectivity index (χ3v) is 3.34. The minimum absolute atomic E-state index is 0.0818. The smallest absolute Gasteiger partial charge is 0.239 e. The van der Waals surface area contributed by atoms with Gasteiger partial charge < -0.3 is 15.1 Å². The Kier molecular flexibility index (Phi) is 4.54. The number of carbonyl (C=O) groups is 1. The molecule has 1 N–H and O–H groups in total. The minimum Gasteiger partial charge on any atom is -0.343 e. The molecule has 0 aromatic heterocycles. The average molecular weight is 213 g/mol. The summed E-state index contributed by atoms with van der Waals surface area (Å²) in [5.41, 5.74) is 0. The number of rotatable bonds is 4. The summed E-state index contributed by atoms with van der Waals surface area (Å²) in [6, 6.07) is 0.463. The summed E-state index contributed by atoms with van der Waals surface area (Å²) in [6.07, 6.45) is 2.47. The van der Waals surface area contributed by atoms with Crippen molar-refractivity contribution in [3.63, 3.8) is 0 Å². The number of amides is 1. The maximum absolute atomic E-state index is 11.8. The van der Waals surface area contributed by atoms with Gasteiger partial charge in [0, 0.05) is 19.6 Å². The normalized spacial score (nSPS) is 24.1. The molecule has 0 saturated carbocycles. The van der Waals surface area contributed by atoms with E-state index >= 15 is 0 Å². The zero-order chi connectivity index (χ0) is 11.4. The maximum atomic E-state index is 11.8. The van der Waals surface area contributed by atoms with Crippen molar-refractivity contribution in [1.29, 1.82) is 0 Å². The van der Waals surface area contributed by atoms with Gasteiger partial charge in [-0.3, -0.25) is 4.79 Å². The van der Waals surface area contributed by atoms with Crippen LogP contribution in [-0.4, -0.2) is 62.0 Å². The first-order valence-electron chi connectivity index (χ1n) is 5.68. The van der Waals surface area contributed by atoms with Gasteiger partial charge in [-0.25, -0.2) is 0 Å². The van der Waals surface area contributed by atoms with E-state index < -0.39 is 0 Å². The van der Waals surface area contributed by atoms with Crippen LogP contribution in [0.2, 0.25) is 0 Å². The molecular formula is C11H23N3O. The van der Waals surface area contributed by atoms with Crippen molar-refractivity contribution in [2.75, 3.05) is 34.2 Å². The van der Waals surface area contributed by atoms with E-state index in [2.05, 4.69) is 17.3 Å². The fourth-order valence-corrected chi connectivity index (χ4v) is 2.07. The zero-order valence-electron chi connectivity index (χ0n) is 10.3.